The minimum atomic E-state index is -4.50. The molecule has 0 spiro atoms. The maximum Gasteiger partial charge on any atom is 0.416 e. The van der Waals surface area contributed by atoms with Gasteiger partial charge in [0.2, 0.25) is 5.91 Å². The number of aromatic nitrogens is 3. The minimum Gasteiger partial charge on any atom is -0.394 e. The molecule has 0 radical (unpaired) electrons. The number of aliphatic hydroxyl groups is 2. The largest absolute Gasteiger partial charge is 0.416 e. The summed E-state index contributed by atoms with van der Waals surface area (Å²) < 4.78 is 41.0. The molecule has 2 aliphatic rings. The zero-order valence-corrected chi connectivity index (χ0v) is 20.9. The van der Waals surface area contributed by atoms with Crippen LogP contribution >= 0.6 is 11.3 Å². The fourth-order valence-corrected chi connectivity index (χ4v) is 6.01. The summed E-state index contributed by atoms with van der Waals surface area (Å²) in [5.74, 6) is -0.111. The third kappa shape index (κ3) is 5.44. The number of benzene rings is 1. The highest BCUT2D eigenvalue weighted by molar-refractivity contribution is 7.09. The van der Waals surface area contributed by atoms with Crippen molar-refractivity contribution in [1.82, 2.24) is 25.0 Å². The Morgan fingerprint density at radius 3 is 2.65 bits per heavy atom. The van der Waals surface area contributed by atoms with Crippen LogP contribution in [0.2, 0.25) is 0 Å². The van der Waals surface area contributed by atoms with Crippen molar-refractivity contribution in [3.63, 3.8) is 0 Å². The average Bonchev–Trinajstić information content (AvgIpc) is 3.50. The number of halogens is 3. The summed E-state index contributed by atoms with van der Waals surface area (Å²) in [6.45, 7) is 1.21. The number of likely N-dealkylation sites (tertiary alicyclic amines) is 1. The molecule has 0 bridgehead atoms. The first kappa shape index (κ1) is 25.9. The van der Waals surface area contributed by atoms with Gasteiger partial charge in [-0.3, -0.25) is 19.4 Å². The molecule has 2 aromatic heterocycles. The lowest BCUT2D eigenvalue weighted by atomic mass is 9.80. The number of hydrogen-bond donors (Lipinski definition) is 4. The molecule has 2 fully saturated rings. The molecule has 1 aliphatic heterocycles. The molecule has 13 heteroatoms. The Labute approximate surface area is 215 Å². The zero-order chi connectivity index (χ0) is 26.2. The van der Waals surface area contributed by atoms with E-state index in [2.05, 4.69) is 25.6 Å². The van der Waals surface area contributed by atoms with Gasteiger partial charge in [0.1, 0.15) is 5.60 Å². The van der Waals surface area contributed by atoms with Gasteiger partial charge in [-0.05, 0) is 43.9 Å². The van der Waals surface area contributed by atoms with Crippen LogP contribution in [0.3, 0.4) is 0 Å². The van der Waals surface area contributed by atoms with Crippen LogP contribution in [0.1, 0.15) is 36.1 Å². The number of fused-ring (bicyclic) bond motifs is 1. The molecule has 0 atom stereocenters. The molecule has 200 valence electrons. The van der Waals surface area contributed by atoms with Crippen LogP contribution in [0.5, 0.6) is 0 Å². The van der Waals surface area contributed by atoms with Gasteiger partial charge in [-0.15, -0.1) is 11.3 Å². The molecular weight excluding hydrogens is 509 g/mol. The van der Waals surface area contributed by atoms with E-state index in [1.165, 1.54) is 22.1 Å². The fraction of sp³-hybridized carbons (Fsp3) is 0.542. The summed E-state index contributed by atoms with van der Waals surface area (Å²) in [4.78, 5) is 19.8. The van der Waals surface area contributed by atoms with E-state index in [0.717, 1.165) is 42.9 Å². The van der Waals surface area contributed by atoms with Crippen molar-refractivity contribution >= 4 is 34.0 Å². The lowest BCUT2D eigenvalue weighted by Crippen LogP contribution is -2.63. The lowest BCUT2D eigenvalue weighted by Gasteiger charge is -2.48. The molecule has 3 heterocycles. The van der Waals surface area contributed by atoms with Crippen LogP contribution in [0.25, 0.3) is 10.9 Å². The van der Waals surface area contributed by atoms with Crippen LogP contribution in [0.15, 0.2) is 29.9 Å². The molecule has 37 heavy (non-hydrogen) atoms. The molecular formula is C24H29F3N6O3S. The minimum absolute atomic E-state index is 0.00266. The zero-order valence-electron chi connectivity index (χ0n) is 20.0. The van der Waals surface area contributed by atoms with Crippen molar-refractivity contribution in [3.05, 3.63) is 40.3 Å². The normalized spacial score (nSPS) is 23.2. The summed E-state index contributed by atoms with van der Waals surface area (Å²) in [6, 6.07) is 3.66. The first-order valence-corrected chi connectivity index (χ1v) is 13.1. The standard InChI is InChI=1S/C24H29F3N6O3S/c25-24(26,27)15-1-2-19-18(9-15)22(31-33(19)7-8-34)29-11-21(35)30-16-12-32(13-16)17-3-5-23(36,6-4-17)20-10-28-14-37-20/h1-2,9-10,14,16-17,34,36H,3-8,11-13H2,(H,29,31)(H,30,35)/t17-,23-. The molecule has 4 N–H and O–H groups in total. The van der Waals surface area contributed by atoms with E-state index in [1.807, 2.05) is 0 Å². The smallest absolute Gasteiger partial charge is 0.394 e. The Morgan fingerprint density at radius 2 is 2.00 bits per heavy atom. The summed E-state index contributed by atoms with van der Waals surface area (Å²) >= 11 is 1.48. The van der Waals surface area contributed by atoms with E-state index in [9.17, 15) is 28.2 Å². The maximum absolute atomic E-state index is 13.2. The second kappa shape index (κ2) is 10.2. The second-order valence-electron chi connectivity index (χ2n) is 9.73. The third-order valence-electron chi connectivity index (χ3n) is 7.27. The SMILES string of the molecule is O=C(CNc1nn(CCO)c2ccc(C(F)(F)F)cc12)NC1CN([C@H]2CC[C@@](O)(c3cncs3)CC2)C1. The monoisotopic (exact) mass is 538 g/mol. The van der Waals surface area contributed by atoms with E-state index in [0.29, 0.717) is 24.4 Å². The van der Waals surface area contributed by atoms with Crippen molar-refractivity contribution in [2.24, 2.45) is 0 Å². The Balaban J connectivity index is 1.12. The van der Waals surface area contributed by atoms with E-state index in [4.69, 9.17) is 0 Å². The fourth-order valence-electron chi connectivity index (χ4n) is 5.23. The van der Waals surface area contributed by atoms with Crippen LogP contribution in [-0.2, 0) is 23.1 Å². The number of nitrogens with zero attached hydrogens (tertiary/aromatic N) is 4. The number of anilines is 1. The van der Waals surface area contributed by atoms with Crippen LogP contribution in [0, 0.1) is 0 Å². The van der Waals surface area contributed by atoms with Crippen LogP contribution < -0.4 is 10.6 Å². The van der Waals surface area contributed by atoms with Gasteiger partial charge in [0.15, 0.2) is 5.82 Å². The van der Waals surface area contributed by atoms with Gasteiger partial charge in [0.25, 0.3) is 0 Å². The van der Waals surface area contributed by atoms with Gasteiger partial charge in [-0.1, -0.05) is 0 Å². The Hall–Kier alpha value is -2.74. The van der Waals surface area contributed by atoms with Gasteiger partial charge in [0.05, 0.1) is 47.2 Å². The van der Waals surface area contributed by atoms with E-state index >= 15 is 0 Å². The first-order valence-electron chi connectivity index (χ1n) is 12.2. The van der Waals surface area contributed by atoms with Crippen molar-refractivity contribution in [2.75, 3.05) is 31.6 Å². The number of carbonyl (C=O) groups is 1. The molecule has 1 aromatic carbocycles. The molecule has 0 unspecified atom stereocenters. The molecule has 1 saturated carbocycles. The van der Waals surface area contributed by atoms with Gasteiger partial charge < -0.3 is 20.8 Å². The first-order chi connectivity index (χ1) is 17.7. The van der Waals surface area contributed by atoms with Crippen molar-refractivity contribution < 1.29 is 28.2 Å². The highest BCUT2D eigenvalue weighted by Gasteiger charge is 2.41. The second-order valence-corrected chi connectivity index (χ2v) is 10.6. The maximum atomic E-state index is 13.2. The van der Waals surface area contributed by atoms with E-state index in [1.54, 1.807) is 11.7 Å². The van der Waals surface area contributed by atoms with Crippen molar-refractivity contribution in [2.45, 2.75) is 56.1 Å². The Kier molecular flexibility index (Phi) is 7.14. The van der Waals surface area contributed by atoms with Crippen LogP contribution in [0.4, 0.5) is 19.0 Å². The lowest BCUT2D eigenvalue weighted by molar-refractivity contribution is -0.137. The molecule has 1 saturated heterocycles. The topological polar surface area (TPSA) is 116 Å². The Morgan fingerprint density at radius 1 is 1.24 bits per heavy atom. The molecule has 1 amide bonds. The van der Waals surface area contributed by atoms with Crippen molar-refractivity contribution in [1.29, 1.82) is 0 Å². The number of thiazole rings is 1. The number of alkyl halides is 3. The number of amides is 1. The third-order valence-corrected chi connectivity index (χ3v) is 8.24. The number of aliphatic hydroxyl groups excluding tert-OH is 1. The van der Waals surface area contributed by atoms with E-state index in [-0.39, 0.29) is 42.8 Å². The molecule has 9 nitrogen and oxygen atoms in total. The summed E-state index contributed by atoms with van der Waals surface area (Å²) in [7, 11) is 0. The summed E-state index contributed by atoms with van der Waals surface area (Å²) in [6.07, 6.45) is 0.355. The Bertz CT molecular complexity index is 1230. The predicted molar refractivity (Wildman–Crippen MR) is 132 cm³/mol. The van der Waals surface area contributed by atoms with E-state index < -0.39 is 17.3 Å². The highest BCUT2D eigenvalue weighted by Crippen LogP contribution is 2.40. The van der Waals surface area contributed by atoms with Gasteiger partial charge in [-0.25, -0.2) is 0 Å². The number of carbonyl (C=O) groups excluding carboxylic acids is 1. The summed E-state index contributed by atoms with van der Waals surface area (Å²) in [5, 5.41) is 30.5. The predicted octanol–water partition coefficient (Wildman–Crippen LogP) is 2.55. The summed E-state index contributed by atoms with van der Waals surface area (Å²) in [5.41, 5.74) is 0.574. The van der Waals surface area contributed by atoms with Crippen LogP contribution in [-0.4, -0.2) is 74.1 Å². The molecule has 1 aliphatic carbocycles. The molecule has 3 aromatic rings. The number of nitrogens with one attached hydrogen (secondary N) is 2. The number of hydrogen-bond acceptors (Lipinski definition) is 8. The number of rotatable bonds is 8. The average molecular weight is 539 g/mol. The highest BCUT2D eigenvalue weighted by atomic mass is 32.1. The molecule has 5 rings (SSSR count). The van der Waals surface area contributed by atoms with Gasteiger partial charge in [-0.2, -0.15) is 18.3 Å². The quantitative estimate of drug-likeness (QED) is 0.349. The van der Waals surface area contributed by atoms with Gasteiger partial charge >= 0.3 is 6.18 Å². The van der Waals surface area contributed by atoms with Gasteiger partial charge in [0, 0.05) is 30.7 Å². The van der Waals surface area contributed by atoms with Crippen molar-refractivity contribution in [3.8, 4) is 0 Å².